The summed E-state index contributed by atoms with van der Waals surface area (Å²) < 4.78 is 13.6. The molecule has 2 nitrogen and oxygen atoms in total. The van der Waals surface area contributed by atoms with Crippen LogP contribution in [-0.2, 0) is 4.79 Å². The van der Waals surface area contributed by atoms with Crippen molar-refractivity contribution in [3.05, 3.63) is 27.4 Å². The Balaban J connectivity index is 3.08. The predicted octanol–water partition coefficient (Wildman–Crippen LogP) is 3.20. The minimum atomic E-state index is -0.552. The summed E-state index contributed by atoms with van der Waals surface area (Å²) in [5.41, 5.74) is 0.115. The maximum Gasteiger partial charge on any atom is 0.221 e. The normalized spacial score (nSPS) is 9.85. The lowest BCUT2D eigenvalue weighted by Crippen LogP contribution is -2.07. The molecular weight excluding hydrogens is 260 g/mol. The van der Waals surface area contributed by atoms with Gasteiger partial charge in [-0.15, -0.1) is 0 Å². The molecule has 0 bridgehead atoms. The molecular formula is C8H6BrClFNO. The van der Waals surface area contributed by atoms with Crippen LogP contribution in [0.15, 0.2) is 16.6 Å². The van der Waals surface area contributed by atoms with Gasteiger partial charge in [-0.05, 0) is 28.1 Å². The average molecular weight is 266 g/mol. The molecule has 5 heteroatoms. The van der Waals surface area contributed by atoms with E-state index in [1.54, 1.807) is 0 Å². The highest BCUT2D eigenvalue weighted by molar-refractivity contribution is 9.10. The number of hydrogen-bond donors (Lipinski definition) is 1. The van der Waals surface area contributed by atoms with Crippen molar-refractivity contribution in [3.8, 4) is 0 Å². The van der Waals surface area contributed by atoms with Crippen molar-refractivity contribution < 1.29 is 9.18 Å². The van der Waals surface area contributed by atoms with Crippen molar-refractivity contribution in [3.63, 3.8) is 0 Å². The van der Waals surface area contributed by atoms with E-state index in [1.807, 2.05) is 0 Å². The van der Waals surface area contributed by atoms with Crippen LogP contribution in [0, 0.1) is 5.82 Å². The summed E-state index contributed by atoms with van der Waals surface area (Å²) in [5, 5.41) is 2.61. The molecule has 0 radical (unpaired) electrons. The van der Waals surface area contributed by atoms with Gasteiger partial charge in [0.1, 0.15) is 5.82 Å². The van der Waals surface area contributed by atoms with Crippen molar-refractivity contribution >= 4 is 39.1 Å². The van der Waals surface area contributed by atoms with Crippen LogP contribution in [0.25, 0.3) is 0 Å². The van der Waals surface area contributed by atoms with Crippen molar-refractivity contribution in [1.29, 1.82) is 0 Å². The zero-order valence-corrected chi connectivity index (χ0v) is 9.04. The Labute approximate surface area is 88.2 Å². The third-order valence-corrected chi connectivity index (χ3v) is 2.52. The minimum Gasteiger partial charge on any atom is -0.324 e. The summed E-state index contributed by atoms with van der Waals surface area (Å²) in [6, 6.07) is 2.55. The van der Waals surface area contributed by atoms with Crippen LogP contribution in [0.5, 0.6) is 0 Å². The van der Waals surface area contributed by atoms with Gasteiger partial charge in [-0.25, -0.2) is 4.39 Å². The van der Waals surface area contributed by atoms with Gasteiger partial charge in [0.05, 0.1) is 10.7 Å². The number of nitrogens with one attached hydrogen (secondary N) is 1. The second-order valence-corrected chi connectivity index (χ2v) is 3.69. The molecule has 0 saturated heterocycles. The Hall–Kier alpha value is -0.610. The lowest BCUT2D eigenvalue weighted by molar-refractivity contribution is -0.114. The number of anilines is 1. The summed E-state index contributed by atoms with van der Waals surface area (Å²) in [5.74, 6) is -0.878. The van der Waals surface area contributed by atoms with Crippen molar-refractivity contribution in [2.75, 3.05) is 5.32 Å². The fourth-order valence-corrected chi connectivity index (χ4v) is 1.30. The van der Waals surface area contributed by atoms with E-state index in [0.717, 1.165) is 6.07 Å². The monoisotopic (exact) mass is 265 g/mol. The van der Waals surface area contributed by atoms with E-state index >= 15 is 0 Å². The van der Waals surface area contributed by atoms with Crippen LogP contribution in [0.4, 0.5) is 10.1 Å². The van der Waals surface area contributed by atoms with Crippen LogP contribution >= 0.6 is 27.5 Å². The molecule has 0 atom stereocenters. The molecule has 0 unspecified atom stereocenters. The van der Waals surface area contributed by atoms with E-state index in [4.69, 9.17) is 11.6 Å². The van der Waals surface area contributed by atoms with Gasteiger partial charge in [0, 0.05) is 11.4 Å². The second kappa shape index (κ2) is 4.07. The number of carbonyl (C=O) groups excluding carboxylic acids is 1. The number of hydrogen-bond acceptors (Lipinski definition) is 1. The first-order valence-corrected chi connectivity index (χ1v) is 4.60. The number of rotatable bonds is 1. The highest BCUT2D eigenvalue weighted by atomic mass is 79.9. The molecule has 0 aliphatic rings. The summed E-state index contributed by atoms with van der Waals surface area (Å²) in [6.07, 6.45) is 0. The summed E-state index contributed by atoms with van der Waals surface area (Å²) in [7, 11) is 0. The van der Waals surface area contributed by atoms with Gasteiger partial charge in [-0.1, -0.05) is 11.6 Å². The summed E-state index contributed by atoms with van der Waals surface area (Å²) in [4.78, 5) is 10.6. The quantitative estimate of drug-likeness (QED) is 0.777. The lowest BCUT2D eigenvalue weighted by Gasteiger charge is -2.05. The fourth-order valence-electron chi connectivity index (χ4n) is 0.808. The third-order valence-electron chi connectivity index (χ3n) is 1.32. The van der Waals surface area contributed by atoms with E-state index < -0.39 is 5.82 Å². The molecule has 1 N–H and O–H groups in total. The van der Waals surface area contributed by atoms with Crippen molar-refractivity contribution in [2.45, 2.75) is 6.92 Å². The Morgan fingerprint density at radius 3 is 2.77 bits per heavy atom. The molecule has 70 valence electrons. The van der Waals surface area contributed by atoms with Crippen molar-refractivity contribution in [1.82, 2.24) is 0 Å². The zero-order valence-electron chi connectivity index (χ0n) is 6.70. The summed E-state index contributed by atoms with van der Waals surface area (Å²) >= 11 is 8.74. The molecule has 0 spiro atoms. The number of carbonyl (C=O) groups is 1. The molecule has 1 aromatic rings. The zero-order chi connectivity index (χ0) is 10.0. The van der Waals surface area contributed by atoms with E-state index in [2.05, 4.69) is 21.2 Å². The fraction of sp³-hybridized carbons (Fsp3) is 0.125. The molecule has 1 rings (SSSR count). The summed E-state index contributed by atoms with van der Waals surface area (Å²) in [6.45, 7) is 1.31. The molecule has 0 aromatic heterocycles. The number of halogens is 3. The minimum absolute atomic E-state index is 0.115. The van der Waals surface area contributed by atoms with Crippen LogP contribution in [0.1, 0.15) is 6.92 Å². The molecule has 13 heavy (non-hydrogen) atoms. The lowest BCUT2D eigenvalue weighted by atomic mass is 10.3. The van der Waals surface area contributed by atoms with Gasteiger partial charge >= 0.3 is 0 Å². The average Bonchev–Trinajstić information content (AvgIpc) is 1.99. The highest BCUT2D eigenvalue weighted by Crippen LogP contribution is 2.28. The maximum absolute atomic E-state index is 13.1. The predicted molar refractivity (Wildman–Crippen MR) is 53.4 cm³/mol. The van der Waals surface area contributed by atoms with Gasteiger partial charge in [-0.2, -0.15) is 0 Å². The van der Waals surface area contributed by atoms with E-state index in [1.165, 1.54) is 13.0 Å². The molecule has 0 aliphatic heterocycles. The van der Waals surface area contributed by atoms with Gasteiger partial charge in [0.15, 0.2) is 0 Å². The van der Waals surface area contributed by atoms with Crippen LogP contribution in [-0.4, -0.2) is 5.91 Å². The van der Waals surface area contributed by atoms with Crippen LogP contribution < -0.4 is 5.32 Å². The number of amides is 1. The number of benzene rings is 1. The van der Waals surface area contributed by atoms with Gasteiger partial charge in [-0.3, -0.25) is 4.79 Å². The van der Waals surface area contributed by atoms with Crippen LogP contribution in [0.3, 0.4) is 0 Å². The van der Waals surface area contributed by atoms with E-state index in [-0.39, 0.29) is 16.6 Å². The highest BCUT2D eigenvalue weighted by Gasteiger charge is 2.07. The smallest absolute Gasteiger partial charge is 0.221 e. The largest absolute Gasteiger partial charge is 0.324 e. The van der Waals surface area contributed by atoms with Gasteiger partial charge in [0.25, 0.3) is 0 Å². The Morgan fingerprint density at radius 1 is 1.62 bits per heavy atom. The SMILES string of the molecule is CC(=O)Nc1cc(Br)c(Cl)cc1F. The Kier molecular flexibility index (Phi) is 3.27. The maximum atomic E-state index is 13.1. The standard InChI is InChI=1S/C8H6BrClFNO/c1-4(13)12-8-2-5(9)6(10)3-7(8)11/h2-3H,1H3,(H,12,13). The Morgan fingerprint density at radius 2 is 2.23 bits per heavy atom. The second-order valence-electron chi connectivity index (χ2n) is 2.43. The van der Waals surface area contributed by atoms with Crippen molar-refractivity contribution in [2.24, 2.45) is 0 Å². The first kappa shape index (κ1) is 10.5. The topological polar surface area (TPSA) is 29.1 Å². The third kappa shape index (κ3) is 2.67. The van der Waals surface area contributed by atoms with Gasteiger partial charge < -0.3 is 5.32 Å². The molecule has 0 heterocycles. The van der Waals surface area contributed by atoms with Gasteiger partial charge in [0.2, 0.25) is 5.91 Å². The molecule has 0 aliphatic carbocycles. The molecule has 1 amide bonds. The first-order chi connectivity index (χ1) is 6.00. The van der Waals surface area contributed by atoms with Crippen LogP contribution in [0.2, 0.25) is 5.02 Å². The first-order valence-electron chi connectivity index (χ1n) is 3.43. The molecule has 0 saturated carbocycles. The van der Waals surface area contributed by atoms with E-state index in [9.17, 15) is 9.18 Å². The van der Waals surface area contributed by atoms with E-state index in [0.29, 0.717) is 4.47 Å². The molecule has 0 fully saturated rings. The Bertz CT molecular complexity index is 356. The molecule has 1 aromatic carbocycles.